The normalized spacial score (nSPS) is 12.2. The van der Waals surface area contributed by atoms with Crippen LogP contribution in [0.4, 0.5) is 4.79 Å². The Morgan fingerprint density at radius 2 is 1.70 bits per heavy atom. The van der Waals surface area contributed by atoms with Crippen molar-refractivity contribution < 1.29 is 17.9 Å². The van der Waals surface area contributed by atoms with Gasteiger partial charge in [-0.1, -0.05) is 29.8 Å². The average Bonchev–Trinajstić information content (AvgIpc) is 3.31. The molecule has 4 rings (SSSR count). The Bertz CT molecular complexity index is 1720. The zero-order chi connectivity index (χ0) is 29.5. The summed E-state index contributed by atoms with van der Waals surface area (Å²) < 4.78 is 33.5. The molecule has 0 saturated heterocycles. The average molecular weight is 560 g/mol. The predicted octanol–water partition coefficient (Wildman–Crippen LogP) is 6.05. The van der Waals surface area contributed by atoms with E-state index in [0.717, 1.165) is 9.54 Å². The van der Waals surface area contributed by atoms with Crippen LogP contribution in [0.15, 0.2) is 66.0 Å². The smallest absolute Gasteiger partial charge is 0.411 e. The van der Waals surface area contributed by atoms with E-state index in [-0.39, 0.29) is 17.1 Å². The second-order valence-corrected chi connectivity index (χ2v) is 13.4. The molecule has 0 bridgehead atoms. The maximum Gasteiger partial charge on any atom is 0.411 e. The van der Waals surface area contributed by atoms with Crippen molar-refractivity contribution in [2.24, 2.45) is 0 Å². The topological polar surface area (TPSA) is 118 Å². The van der Waals surface area contributed by atoms with Crippen molar-refractivity contribution in [1.82, 2.24) is 18.8 Å². The number of benzene rings is 2. The fourth-order valence-corrected chi connectivity index (χ4v) is 5.51. The molecular formula is C30H33N5O4S. The molecule has 2 heterocycles. The van der Waals surface area contributed by atoms with Crippen LogP contribution in [-0.2, 0) is 21.3 Å². The lowest BCUT2D eigenvalue weighted by Crippen LogP contribution is -2.47. The van der Waals surface area contributed by atoms with E-state index in [2.05, 4.69) is 16.0 Å². The second kappa shape index (κ2) is 10.4. The van der Waals surface area contributed by atoms with E-state index >= 15 is 0 Å². The van der Waals surface area contributed by atoms with Crippen molar-refractivity contribution in [2.45, 2.75) is 71.0 Å². The van der Waals surface area contributed by atoms with Crippen LogP contribution in [0.2, 0.25) is 0 Å². The highest BCUT2D eigenvalue weighted by atomic mass is 32.2. The number of aromatic nitrogens is 3. The third kappa shape index (κ3) is 5.84. The molecule has 0 N–H and O–H groups in total. The number of ether oxygens (including phenoxy) is 1. The van der Waals surface area contributed by atoms with Crippen LogP contribution in [0.3, 0.4) is 0 Å². The van der Waals surface area contributed by atoms with E-state index in [0.29, 0.717) is 27.8 Å². The molecule has 9 nitrogen and oxygen atoms in total. The molecule has 0 unspecified atom stereocenters. The molecule has 1 amide bonds. The van der Waals surface area contributed by atoms with Gasteiger partial charge in [0.1, 0.15) is 11.9 Å². The van der Waals surface area contributed by atoms with Gasteiger partial charge in [0.25, 0.3) is 10.0 Å². The number of nitrogens with zero attached hydrogens (tertiary/aromatic N) is 5. The summed E-state index contributed by atoms with van der Waals surface area (Å²) in [7, 11) is -3.88. The quantitative estimate of drug-likeness (QED) is 0.292. The standard InChI is InChI=1S/C30H33N5O4S/c1-20-8-12-24(13-9-20)40(37,38)35-15-14-25-26(32-19-33-27(25)35)21-10-11-22(23(16-21)17-31)18-34(29(2,3)4)28(36)39-30(5,6)7/h8-16,19H,18H2,1-7H3. The monoisotopic (exact) mass is 559 g/mol. The lowest BCUT2D eigenvalue weighted by molar-refractivity contribution is 0.00370. The highest BCUT2D eigenvalue weighted by Gasteiger charge is 2.31. The van der Waals surface area contributed by atoms with Gasteiger partial charge in [-0.05, 0) is 78.3 Å². The van der Waals surface area contributed by atoms with Crippen molar-refractivity contribution in [2.75, 3.05) is 0 Å². The van der Waals surface area contributed by atoms with Crippen LogP contribution in [0, 0.1) is 18.3 Å². The predicted molar refractivity (Wildman–Crippen MR) is 153 cm³/mol. The van der Waals surface area contributed by atoms with Gasteiger partial charge in [0.05, 0.1) is 28.8 Å². The zero-order valence-corrected chi connectivity index (χ0v) is 24.6. The molecule has 0 fully saturated rings. The van der Waals surface area contributed by atoms with Gasteiger partial charge in [0, 0.05) is 22.7 Å². The molecular weight excluding hydrogens is 526 g/mol. The Balaban J connectivity index is 1.73. The molecule has 0 spiro atoms. The van der Waals surface area contributed by atoms with Crippen molar-refractivity contribution in [3.63, 3.8) is 0 Å². The minimum absolute atomic E-state index is 0.153. The third-order valence-electron chi connectivity index (χ3n) is 6.28. The van der Waals surface area contributed by atoms with Crippen LogP contribution in [-0.4, -0.2) is 44.5 Å². The number of carbonyl (C=O) groups excluding carboxylic acids is 1. The molecule has 4 aromatic rings. The van der Waals surface area contributed by atoms with Gasteiger partial charge in [0.15, 0.2) is 5.65 Å². The third-order valence-corrected chi connectivity index (χ3v) is 7.96. The number of carbonyl (C=O) groups is 1. The highest BCUT2D eigenvalue weighted by molar-refractivity contribution is 7.90. The molecule has 0 atom stereocenters. The van der Waals surface area contributed by atoms with Crippen LogP contribution in [0.1, 0.15) is 58.2 Å². The summed E-state index contributed by atoms with van der Waals surface area (Å²) in [4.78, 5) is 23.4. The van der Waals surface area contributed by atoms with Crippen LogP contribution < -0.4 is 0 Å². The Kier molecular flexibility index (Phi) is 7.47. The van der Waals surface area contributed by atoms with Gasteiger partial charge in [-0.25, -0.2) is 27.2 Å². The van der Waals surface area contributed by atoms with E-state index in [9.17, 15) is 18.5 Å². The molecule has 10 heteroatoms. The summed E-state index contributed by atoms with van der Waals surface area (Å²) in [5.41, 5.74) is 2.10. The van der Waals surface area contributed by atoms with Crippen molar-refractivity contribution in [1.29, 1.82) is 5.26 Å². The fourth-order valence-electron chi connectivity index (χ4n) is 4.20. The van der Waals surface area contributed by atoms with Gasteiger partial charge in [-0.2, -0.15) is 5.26 Å². The van der Waals surface area contributed by atoms with Gasteiger partial charge >= 0.3 is 6.09 Å². The molecule has 0 aliphatic heterocycles. The van der Waals surface area contributed by atoms with E-state index in [1.165, 1.54) is 12.5 Å². The summed E-state index contributed by atoms with van der Waals surface area (Å²) in [6.07, 6.45) is 2.30. The minimum Gasteiger partial charge on any atom is -0.444 e. The number of fused-ring (bicyclic) bond motifs is 1. The number of hydrogen-bond donors (Lipinski definition) is 0. The molecule has 0 aliphatic rings. The number of rotatable bonds is 5. The van der Waals surface area contributed by atoms with Gasteiger partial charge in [-0.3, -0.25) is 4.90 Å². The van der Waals surface area contributed by atoms with Gasteiger partial charge < -0.3 is 4.74 Å². The lowest BCUT2D eigenvalue weighted by atomic mass is 9.99. The van der Waals surface area contributed by atoms with E-state index < -0.39 is 27.3 Å². The van der Waals surface area contributed by atoms with E-state index in [1.54, 1.807) is 53.4 Å². The second-order valence-electron chi connectivity index (χ2n) is 11.6. The fraction of sp³-hybridized carbons (Fsp3) is 0.333. The Morgan fingerprint density at radius 3 is 2.30 bits per heavy atom. The van der Waals surface area contributed by atoms with Crippen LogP contribution >= 0.6 is 0 Å². The Hall–Kier alpha value is -4.23. The van der Waals surface area contributed by atoms with Crippen LogP contribution in [0.5, 0.6) is 0 Å². The van der Waals surface area contributed by atoms with Gasteiger partial charge in [0.2, 0.25) is 0 Å². The molecule has 2 aromatic heterocycles. The minimum atomic E-state index is -3.88. The van der Waals surface area contributed by atoms with Crippen molar-refractivity contribution in [3.05, 3.63) is 77.7 Å². The van der Waals surface area contributed by atoms with Crippen molar-refractivity contribution in [3.8, 4) is 17.3 Å². The molecule has 0 radical (unpaired) electrons. The summed E-state index contributed by atoms with van der Waals surface area (Å²) in [5, 5.41) is 10.5. The first kappa shape index (κ1) is 28.8. The Labute approximate surface area is 235 Å². The lowest BCUT2D eigenvalue weighted by Gasteiger charge is -2.37. The highest BCUT2D eigenvalue weighted by Crippen LogP contribution is 2.31. The maximum absolute atomic E-state index is 13.4. The summed E-state index contributed by atoms with van der Waals surface area (Å²) in [5.74, 6) is 0. The summed E-state index contributed by atoms with van der Waals surface area (Å²) in [6.45, 7) is 13.2. The number of amides is 1. The molecule has 2 aromatic carbocycles. The summed E-state index contributed by atoms with van der Waals surface area (Å²) >= 11 is 0. The first-order valence-electron chi connectivity index (χ1n) is 12.8. The van der Waals surface area contributed by atoms with E-state index in [1.807, 2.05) is 48.5 Å². The number of hydrogen-bond acceptors (Lipinski definition) is 7. The zero-order valence-electron chi connectivity index (χ0n) is 23.8. The van der Waals surface area contributed by atoms with E-state index in [4.69, 9.17) is 4.74 Å². The van der Waals surface area contributed by atoms with Crippen molar-refractivity contribution >= 4 is 27.1 Å². The van der Waals surface area contributed by atoms with Gasteiger partial charge in [-0.15, -0.1) is 0 Å². The Morgan fingerprint density at radius 1 is 1.02 bits per heavy atom. The molecule has 40 heavy (non-hydrogen) atoms. The maximum atomic E-state index is 13.4. The largest absolute Gasteiger partial charge is 0.444 e. The van der Waals surface area contributed by atoms with Crippen LogP contribution in [0.25, 0.3) is 22.3 Å². The number of aryl methyl sites for hydroxylation is 1. The molecule has 0 saturated carbocycles. The SMILES string of the molecule is Cc1ccc(S(=O)(=O)n2ccc3c(-c4ccc(CN(C(=O)OC(C)(C)C)C(C)(C)C)c(C#N)c4)ncnc32)cc1. The molecule has 208 valence electrons. The number of nitriles is 1. The molecule has 0 aliphatic carbocycles. The summed E-state index contributed by atoms with van der Waals surface area (Å²) in [6, 6.07) is 15.8. The first-order chi connectivity index (χ1) is 18.6. The first-order valence-corrected chi connectivity index (χ1v) is 14.2.